The van der Waals surface area contributed by atoms with Crippen LogP contribution >= 0.6 is 23.2 Å². The molecule has 1 aliphatic carbocycles. The number of rotatable bonds is 3. The molecular weight excluding hydrogens is 297 g/mol. The second-order valence-electron chi connectivity index (χ2n) is 4.46. The minimum Gasteiger partial charge on any atom is -0.273 e. The summed E-state index contributed by atoms with van der Waals surface area (Å²) in [6.07, 6.45) is 0.235. The SMILES string of the molecule is C[C@@]1(C(=O)NS(=O)(=O)c2ccccc2)CC1(Cl)Cl. The Hall–Kier alpha value is -0.780. The van der Waals surface area contributed by atoms with Crippen molar-refractivity contribution in [3.63, 3.8) is 0 Å². The maximum absolute atomic E-state index is 11.9. The lowest BCUT2D eigenvalue weighted by atomic mass is 10.1. The molecule has 0 aromatic heterocycles. The number of carbonyl (C=O) groups is 1. The van der Waals surface area contributed by atoms with Crippen LogP contribution in [0, 0.1) is 5.41 Å². The van der Waals surface area contributed by atoms with E-state index in [1.54, 1.807) is 18.2 Å². The highest BCUT2D eigenvalue weighted by molar-refractivity contribution is 7.90. The molecule has 0 radical (unpaired) electrons. The average molecular weight is 308 g/mol. The molecule has 0 unspecified atom stereocenters. The molecule has 1 amide bonds. The first-order valence-electron chi connectivity index (χ1n) is 5.19. The molecule has 18 heavy (non-hydrogen) atoms. The Balaban J connectivity index is 2.19. The minimum absolute atomic E-state index is 0.0253. The molecule has 2 rings (SSSR count). The molecule has 1 aromatic carbocycles. The first kappa shape index (κ1) is 13.6. The van der Waals surface area contributed by atoms with Crippen molar-refractivity contribution in [3.8, 4) is 0 Å². The number of carbonyl (C=O) groups excluding carboxylic acids is 1. The summed E-state index contributed by atoms with van der Waals surface area (Å²) in [7, 11) is -3.87. The number of amides is 1. The fourth-order valence-corrected chi connectivity index (χ4v) is 3.35. The van der Waals surface area contributed by atoms with E-state index >= 15 is 0 Å². The topological polar surface area (TPSA) is 63.2 Å². The summed E-state index contributed by atoms with van der Waals surface area (Å²) < 4.78 is 24.6. The van der Waals surface area contributed by atoms with E-state index in [9.17, 15) is 13.2 Å². The lowest BCUT2D eigenvalue weighted by Gasteiger charge is -2.12. The van der Waals surface area contributed by atoms with Gasteiger partial charge in [-0.05, 0) is 25.5 Å². The Morgan fingerprint density at radius 3 is 2.22 bits per heavy atom. The van der Waals surface area contributed by atoms with E-state index in [0.717, 1.165) is 0 Å². The van der Waals surface area contributed by atoms with E-state index in [1.165, 1.54) is 19.1 Å². The third-order valence-electron chi connectivity index (χ3n) is 3.04. The van der Waals surface area contributed by atoms with Crippen LogP contribution in [0.1, 0.15) is 13.3 Å². The van der Waals surface area contributed by atoms with Crippen LogP contribution in [0.25, 0.3) is 0 Å². The minimum atomic E-state index is -3.87. The van der Waals surface area contributed by atoms with Crippen molar-refractivity contribution in [3.05, 3.63) is 30.3 Å². The zero-order chi connectivity index (χ0) is 13.6. The van der Waals surface area contributed by atoms with Crippen molar-refractivity contribution in [2.75, 3.05) is 0 Å². The van der Waals surface area contributed by atoms with Crippen molar-refractivity contribution in [1.82, 2.24) is 4.72 Å². The van der Waals surface area contributed by atoms with E-state index in [1.807, 2.05) is 4.72 Å². The van der Waals surface area contributed by atoms with Gasteiger partial charge in [-0.25, -0.2) is 13.1 Å². The zero-order valence-corrected chi connectivity index (χ0v) is 11.8. The van der Waals surface area contributed by atoms with Crippen LogP contribution in [0.5, 0.6) is 0 Å². The van der Waals surface area contributed by atoms with Gasteiger partial charge in [0.15, 0.2) is 0 Å². The van der Waals surface area contributed by atoms with Crippen molar-refractivity contribution >= 4 is 39.1 Å². The van der Waals surface area contributed by atoms with Gasteiger partial charge in [0.2, 0.25) is 5.91 Å². The zero-order valence-electron chi connectivity index (χ0n) is 9.48. The normalized spacial score (nSPS) is 25.5. The summed E-state index contributed by atoms with van der Waals surface area (Å²) in [5, 5.41) is 0. The van der Waals surface area contributed by atoms with Crippen LogP contribution in [-0.2, 0) is 14.8 Å². The fraction of sp³-hybridized carbons (Fsp3) is 0.364. The van der Waals surface area contributed by atoms with Gasteiger partial charge in [0.1, 0.15) is 4.33 Å². The largest absolute Gasteiger partial charge is 0.273 e. The summed E-state index contributed by atoms with van der Waals surface area (Å²) >= 11 is 11.7. The van der Waals surface area contributed by atoms with Gasteiger partial charge in [-0.3, -0.25) is 4.79 Å². The maximum Gasteiger partial charge on any atom is 0.264 e. The molecule has 1 atom stereocenters. The monoisotopic (exact) mass is 307 g/mol. The Morgan fingerprint density at radius 2 is 1.78 bits per heavy atom. The fourth-order valence-electron chi connectivity index (χ4n) is 1.54. The highest BCUT2D eigenvalue weighted by Gasteiger charge is 2.68. The summed E-state index contributed by atoms with van der Waals surface area (Å²) in [6, 6.07) is 7.64. The number of benzene rings is 1. The van der Waals surface area contributed by atoms with E-state index in [4.69, 9.17) is 23.2 Å². The molecule has 0 spiro atoms. The third kappa shape index (κ3) is 2.22. The molecule has 1 fully saturated rings. The van der Waals surface area contributed by atoms with Gasteiger partial charge in [0, 0.05) is 0 Å². The van der Waals surface area contributed by atoms with Gasteiger partial charge >= 0.3 is 0 Å². The number of alkyl halides is 2. The molecule has 0 aliphatic heterocycles. The quantitative estimate of drug-likeness (QED) is 0.870. The van der Waals surface area contributed by atoms with Crippen LogP contribution in [-0.4, -0.2) is 18.7 Å². The molecule has 7 heteroatoms. The molecule has 0 saturated heterocycles. The van der Waals surface area contributed by atoms with Crippen LogP contribution in [0.3, 0.4) is 0 Å². The molecule has 1 aromatic rings. The van der Waals surface area contributed by atoms with Crippen molar-refractivity contribution in [1.29, 1.82) is 0 Å². The van der Waals surface area contributed by atoms with Crippen LogP contribution in [0.15, 0.2) is 35.2 Å². The van der Waals surface area contributed by atoms with E-state index in [0.29, 0.717) is 0 Å². The highest BCUT2D eigenvalue weighted by atomic mass is 35.5. The summed E-state index contributed by atoms with van der Waals surface area (Å²) in [5.74, 6) is -0.684. The molecule has 4 nitrogen and oxygen atoms in total. The lowest BCUT2D eigenvalue weighted by Crippen LogP contribution is -2.37. The first-order chi connectivity index (χ1) is 8.19. The van der Waals surface area contributed by atoms with Gasteiger partial charge in [0.05, 0.1) is 10.3 Å². The average Bonchev–Trinajstić information content (AvgIpc) is 2.80. The lowest BCUT2D eigenvalue weighted by molar-refractivity contribution is -0.123. The van der Waals surface area contributed by atoms with Gasteiger partial charge in [-0.15, -0.1) is 23.2 Å². The summed E-state index contributed by atoms with van der Waals surface area (Å²) in [4.78, 5) is 11.9. The molecule has 1 aliphatic rings. The van der Waals surface area contributed by atoms with Gasteiger partial charge in [-0.1, -0.05) is 18.2 Å². The Bertz CT molecular complexity index is 586. The van der Waals surface area contributed by atoms with Crippen LogP contribution in [0.2, 0.25) is 0 Å². The van der Waals surface area contributed by atoms with Crippen molar-refractivity contribution in [2.24, 2.45) is 5.41 Å². The smallest absolute Gasteiger partial charge is 0.264 e. The standard InChI is InChI=1S/C11H11Cl2NO3S/c1-10(7-11(10,12)13)9(15)14-18(16,17)8-5-3-2-4-6-8/h2-6H,7H2,1H3,(H,14,15)/t10-/m0/s1. The Labute approximate surface area is 115 Å². The maximum atomic E-state index is 11.9. The number of sulfonamides is 1. The van der Waals surface area contributed by atoms with Crippen LogP contribution < -0.4 is 4.72 Å². The van der Waals surface area contributed by atoms with E-state index < -0.39 is 25.7 Å². The second kappa shape index (κ2) is 4.11. The van der Waals surface area contributed by atoms with Crippen molar-refractivity contribution < 1.29 is 13.2 Å². The van der Waals surface area contributed by atoms with Crippen LogP contribution in [0.4, 0.5) is 0 Å². The molecular formula is C11H11Cl2NO3S. The Morgan fingerprint density at radius 1 is 1.28 bits per heavy atom. The molecule has 0 bridgehead atoms. The Kier molecular flexibility index (Phi) is 3.12. The predicted octanol–water partition coefficient (Wildman–Crippen LogP) is 2.08. The number of hydrogen-bond donors (Lipinski definition) is 1. The molecule has 98 valence electrons. The number of hydrogen-bond acceptors (Lipinski definition) is 3. The van der Waals surface area contributed by atoms with Gasteiger partial charge < -0.3 is 0 Å². The first-order valence-corrected chi connectivity index (χ1v) is 7.43. The number of nitrogens with one attached hydrogen (secondary N) is 1. The second-order valence-corrected chi connectivity index (χ2v) is 7.63. The number of halogens is 2. The van der Waals surface area contributed by atoms with E-state index in [2.05, 4.69) is 0 Å². The van der Waals surface area contributed by atoms with Gasteiger partial charge in [0.25, 0.3) is 10.0 Å². The molecule has 1 saturated carbocycles. The van der Waals surface area contributed by atoms with Gasteiger partial charge in [-0.2, -0.15) is 0 Å². The van der Waals surface area contributed by atoms with E-state index in [-0.39, 0.29) is 11.3 Å². The highest BCUT2D eigenvalue weighted by Crippen LogP contribution is 2.63. The third-order valence-corrected chi connectivity index (χ3v) is 5.49. The summed E-state index contributed by atoms with van der Waals surface area (Å²) in [6.45, 7) is 1.53. The predicted molar refractivity (Wildman–Crippen MR) is 68.9 cm³/mol. The molecule has 0 heterocycles. The summed E-state index contributed by atoms with van der Waals surface area (Å²) in [5.41, 5.74) is -1.06. The molecule has 1 N–H and O–H groups in total. The van der Waals surface area contributed by atoms with Crippen molar-refractivity contribution in [2.45, 2.75) is 22.6 Å².